The SMILES string of the molecule is CCc1cccc(CC)c1NC(=O)NCC(O)CN1CCC(C)CC1. The highest BCUT2D eigenvalue weighted by Gasteiger charge is 2.19. The molecule has 1 aliphatic heterocycles. The highest BCUT2D eigenvalue weighted by atomic mass is 16.3. The molecule has 0 radical (unpaired) electrons. The maximum atomic E-state index is 12.2. The zero-order valence-electron chi connectivity index (χ0n) is 15.8. The van der Waals surface area contributed by atoms with Crippen LogP contribution in [0, 0.1) is 5.92 Å². The van der Waals surface area contributed by atoms with Crippen molar-refractivity contribution < 1.29 is 9.90 Å². The molecule has 5 heteroatoms. The molecular weight excluding hydrogens is 314 g/mol. The fraction of sp³-hybridized carbons (Fsp3) is 0.650. The van der Waals surface area contributed by atoms with Gasteiger partial charge >= 0.3 is 6.03 Å². The third kappa shape index (κ3) is 6.01. The first-order chi connectivity index (χ1) is 12.0. The van der Waals surface area contributed by atoms with E-state index in [1.165, 1.54) is 12.8 Å². The number of rotatable bonds is 7. The average molecular weight is 348 g/mol. The number of likely N-dealkylation sites (tertiary alicyclic amines) is 1. The van der Waals surface area contributed by atoms with Crippen LogP contribution in [-0.4, -0.2) is 48.3 Å². The number of amides is 2. The number of β-amino-alcohol motifs (C(OH)–C–C–N with tert-alkyl or cyclic N) is 1. The minimum Gasteiger partial charge on any atom is -0.390 e. The summed E-state index contributed by atoms with van der Waals surface area (Å²) in [6.45, 7) is 9.41. The van der Waals surface area contributed by atoms with Gasteiger partial charge < -0.3 is 20.6 Å². The molecule has 1 fully saturated rings. The van der Waals surface area contributed by atoms with Crippen molar-refractivity contribution in [2.45, 2.75) is 52.6 Å². The van der Waals surface area contributed by atoms with Gasteiger partial charge in [0.1, 0.15) is 0 Å². The molecule has 0 saturated carbocycles. The Morgan fingerprint density at radius 2 is 1.84 bits per heavy atom. The van der Waals surface area contributed by atoms with Gasteiger partial charge in [-0.1, -0.05) is 39.0 Å². The lowest BCUT2D eigenvalue weighted by molar-refractivity contribution is 0.0924. The molecule has 5 nitrogen and oxygen atoms in total. The van der Waals surface area contributed by atoms with E-state index in [0.29, 0.717) is 6.54 Å². The Kier molecular flexibility index (Phi) is 7.72. The number of carbonyl (C=O) groups is 1. The van der Waals surface area contributed by atoms with Gasteiger partial charge in [0.25, 0.3) is 0 Å². The second kappa shape index (κ2) is 9.78. The summed E-state index contributed by atoms with van der Waals surface area (Å²) in [6.07, 6.45) is 3.59. The summed E-state index contributed by atoms with van der Waals surface area (Å²) in [4.78, 5) is 14.5. The molecule has 3 N–H and O–H groups in total. The maximum Gasteiger partial charge on any atom is 0.319 e. The number of aryl methyl sites for hydroxylation is 2. The number of nitrogens with one attached hydrogen (secondary N) is 2. The Morgan fingerprint density at radius 1 is 1.24 bits per heavy atom. The van der Waals surface area contributed by atoms with Crippen molar-refractivity contribution in [2.24, 2.45) is 5.92 Å². The highest BCUT2D eigenvalue weighted by Crippen LogP contribution is 2.22. The van der Waals surface area contributed by atoms with Crippen molar-refractivity contribution in [1.29, 1.82) is 0 Å². The first-order valence-electron chi connectivity index (χ1n) is 9.59. The van der Waals surface area contributed by atoms with Gasteiger partial charge in [0.15, 0.2) is 0 Å². The average Bonchev–Trinajstić information content (AvgIpc) is 2.62. The normalized spacial score (nSPS) is 17.3. The Labute approximate surface area is 151 Å². The zero-order valence-corrected chi connectivity index (χ0v) is 15.8. The van der Waals surface area contributed by atoms with E-state index in [1.54, 1.807) is 0 Å². The van der Waals surface area contributed by atoms with Gasteiger partial charge in [-0.25, -0.2) is 4.79 Å². The summed E-state index contributed by atoms with van der Waals surface area (Å²) in [6, 6.07) is 5.87. The largest absolute Gasteiger partial charge is 0.390 e. The second-order valence-corrected chi connectivity index (χ2v) is 7.13. The molecule has 25 heavy (non-hydrogen) atoms. The summed E-state index contributed by atoms with van der Waals surface area (Å²) >= 11 is 0. The van der Waals surface area contributed by atoms with E-state index < -0.39 is 6.10 Å². The molecule has 0 bridgehead atoms. The number of aliphatic hydroxyl groups is 1. The number of carbonyl (C=O) groups excluding carboxylic acids is 1. The van der Waals surface area contributed by atoms with Gasteiger partial charge in [0.05, 0.1) is 6.10 Å². The lowest BCUT2D eigenvalue weighted by Crippen LogP contribution is -2.43. The monoisotopic (exact) mass is 347 g/mol. The topological polar surface area (TPSA) is 64.6 Å². The molecule has 1 atom stereocenters. The molecule has 0 aromatic heterocycles. The van der Waals surface area contributed by atoms with Gasteiger partial charge in [-0.3, -0.25) is 0 Å². The van der Waals surface area contributed by atoms with Crippen molar-refractivity contribution in [3.63, 3.8) is 0 Å². The molecule has 1 aromatic carbocycles. The third-order valence-corrected chi connectivity index (χ3v) is 5.08. The van der Waals surface area contributed by atoms with Crippen molar-refractivity contribution in [1.82, 2.24) is 10.2 Å². The van der Waals surface area contributed by atoms with E-state index in [9.17, 15) is 9.90 Å². The Hall–Kier alpha value is -1.59. The van der Waals surface area contributed by atoms with Crippen LogP contribution in [0.5, 0.6) is 0 Å². The van der Waals surface area contributed by atoms with Crippen LogP contribution in [0.4, 0.5) is 10.5 Å². The quantitative estimate of drug-likeness (QED) is 0.710. The first kappa shape index (κ1) is 19.7. The molecule has 1 aliphatic rings. The summed E-state index contributed by atoms with van der Waals surface area (Å²) < 4.78 is 0. The van der Waals surface area contributed by atoms with Crippen LogP contribution in [0.3, 0.4) is 0 Å². The van der Waals surface area contributed by atoms with Crippen molar-refractivity contribution >= 4 is 11.7 Å². The van der Waals surface area contributed by atoms with Crippen molar-refractivity contribution in [2.75, 3.05) is 31.5 Å². The number of aliphatic hydroxyl groups excluding tert-OH is 1. The smallest absolute Gasteiger partial charge is 0.319 e. The lowest BCUT2D eigenvalue weighted by atomic mass is 9.99. The number of piperidine rings is 1. The fourth-order valence-corrected chi connectivity index (χ4v) is 3.38. The van der Waals surface area contributed by atoms with Crippen LogP contribution in [0.25, 0.3) is 0 Å². The molecule has 1 aromatic rings. The van der Waals surface area contributed by atoms with E-state index in [1.807, 2.05) is 18.2 Å². The molecule has 1 heterocycles. The molecule has 2 rings (SSSR count). The minimum atomic E-state index is -0.536. The summed E-state index contributed by atoms with van der Waals surface area (Å²) in [5.41, 5.74) is 3.18. The van der Waals surface area contributed by atoms with Gasteiger partial charge in [-0.2, -0.15) is 0 Å². The summed E-state index contributed by atoms with van der Waals surface area (Å²) in [5.74, 6) is 0.781. The second-order valence-electron chi connectivity index (χ2n) is 7.13. The van der Waals surface area contributed by atoms with Crippen molar-refractivity contribution in [3.05, 3.63) is 29.3 Å². The molecule has 1 saturated heterocycles. The first-order valence-corrected chi connectivity index (χ1v) is 9.59. The van der Waals surface area contributed by atoms with E-state index in [0.717, 1.165) is 48.7 Å². The van der Waals surface area contributed by atoms with Crippen LogP contribution >= 0.6 is 0 Å². The standard InChI is InChI=1S/C20H33N3O2/c1-4-16-7-6-8-17(5-2)19(16)22-20(25)21-13-18(24)14-23-11-9-15(3)10-12-23/h6-8,15,18,24H,4-5,9-14H2,1-3H3,(H2,21,22,25). The number of benzene rings is 1. The summed E-state index contributed by atoms with van der Waals surface area (Å²) in [7, 11) is 0. The molecule has 2 amide bonds. The van der Waals surface area contributed by atoms with E-state index in [-0.39, 0.29) is 12.6 Å². The number of nitrogens with zero attached hydrogens (tertiary/aromatic N) is 1. The molecule has 0 spiro atoms. The minimum absolute atomic E-state index is 0.248. The zero-order chi connectivity index (χ0) is 18.2. The summed E-state index contributed by atoms with van der Waals surface area (Å²) in [5, 5.41) is 16.0. The van der Waals surface area contributed by atoms with Gasteiger partial charge in [0, 0.05) is 18.8 Å². The van der Waals surface area contributed by atoms with Gasteiger partial charge in [-0.05, 0) is 55.8 Å². The van der Waals surface area contributed by atoms with Gasteiger partial charge in [-0.15, -0.1) is 0 Å². The number of hydrogen-bond donors (Lipinski definition) is 3. The third-order valence-electron chi connectivity index (χ3n) is 5.08. The molecule has 0 aliphatic carbocycles. The molecule has 1 unspecified atom stereocenters. The lowest BCUT2D eigenvalue weighted by Gasteiger charge is -2.31. The Bertz CT molecular complexity index is 532. The highest BCUT2D eigenvalue weighted by molar-refractivity contribution is 5.91. The number of anilines is 1. The van der Waals surface area contributed by atoms with Crippen LogP contribution in [0.15, 0.2) is 18.2 Å². The Balaban J connectivity index is 1.80. The van der Waals surface area contributed by atoms with E-state index >= 15 is 0 Å². The van der Waals surface area contributed by atoms with Crippen LogP contribution < -0.4 is 10.6 Å². The number of para-hydroxylation sites is 1. The van der Waals surface area contributed by atoms with Crippen LogP contribution in [0.2, 0.25) is 0 Å². The predicted octanol–water partition coefficient (Wildman–Crippen LogP) is 3.03. The van der Waals surface area contributed by atoms with Crippen LogP contribution in [-0.2, 0) is 12.8 Å². The fourth-order valence-electron chi connectivity index (χ4n) is 3.38. The number of urea groups is 1. The van der Waals surface area contributed by atoms with Crippen LogP contribution in [0.1, 0.15) is 44.7 Å². The van der Waals surface area contributed by atoms with Crippen molar-refractivity contribution in [3.8, 4) is 0 Å². The van der Waals surface area contributed by atoms with E-state index in [4.69, 9.17) is 0 Å². The maximum absolute atomic E-state index is 12.2. The van der Waals surface area contributed by atoms with E-state index in [2.05, 4.69) is 36.3 Å². The van der Waals surface area contributed by atoms with Gasteiger partial charge in [0.2, 0.25) is 0 Å². The molecule has 140 valence electrons. The molecular formula is C20H33N3O2. The predicted molar refractivity (Wildman–Crippen MR) is 103 cm³/mol. The number of hydrogen-bond acceptors (Lipinski definition) is 3. The Morgan fingerprint density at radius 3 is 2.40 bits per heavy atom.